The van der Waals surface area contributed by atoms with Gasteiger partial charge in [-0.25, -0.2) is 4.90 Å². The summed E-state index contributed by atoms with van der Waals surface area (Å²) in [5.41, 5.74) is 0.802. The van der Waals surface area contributed by atoms with Gasteiger partial charge in [-0.1, -0.05) is 18.2 Å². The number of nitrogens with zero attached hydrogens (tertiary/aromatic N) is 3. The molecule has 3 aliphatic heterocycles. The van der Waals surface area contributed by atoms with Crippen LogP contribution in [0.3, 0.4) is 0 Å². The van der Waals surface area contributed by atoms with E-state index in [2.05, 4.69) is 10.2 Å². The number of imide groups is 1. The summed E-state index contributed by atoms with van der Waals surface area (Å²) in [6.07, 6.45) is 1.28. The molecule has 1 spiro atoms. The largest absolute Gasteiger partial charge is 0.497 e. The van der Waals surface area contributed by atoms with E-state index in [0.717, 1.165) is 5.69 Å². The Balaban J connectivity index is 1.34. The van der Waals surface area contributed by atoms with E-state index in [1.54, 1.807) is 18.2 Å². The maximum atomic E-state index is 13.4. The van der Waals surface area contributed by atoms with Gasteiger partial charge in [-0.05, 0) is 25.0 Å². The number of hydrogen-bond donors (Lipinski definition) is 1. The highest BCUT2D eigenvalue weighted by Crippen LogP contribution is 2.38. The Hall–Kier alpha value is -3.59. The van der Waals surface area contributed by atoms with Crippen LogP contribution in [0.15, 0.2) is 48.5 Å². The molecule has 3 amide bonds. The Kier molecular flexibility index (Phi) is 5.65. The topological polar surface area (TPSA) is 91.4 Å². The molecule has 0 saturated carbocycles. The molecule has 2 aromatic carbocycles. The average molecular weight is 465 g/mol. The first kappa shape index (κ1) is 22.2. The fourth-order valence-electron chi connectivity index (χ4n) is 5.33. The number of piperidine rings is 1. The van der Waals surface area contributed by atoms with E-state index in [9.17, 15) is 14.4 Å². The van der Waals surface area contributed by atoms with Gasteiger partial charge in [-0.15, -0.1) is 0 Å². The summed E-state index contributed by atoms with van der Waals surface area (Å²) in [5, 5.41) is 2.99. The predicted octanol–water partition coefficient (Wildman–Crippen LogP) is 1.76. The fourth-order valence-corrected chi connectivity index (χ4v) is 5.33. The molecule has 178 valence electrons. The number of methoxy groups -OCH3 is 2. The van der Waals surface area contributed by atoms with Crippen LogP contribution in [0.4, 0.5) is 11.4 Å². The van der Waals surface area contributed by atoms with E-state index in [-0.39, 0.29) is 24.1 Å². The van der Waals surface area contributed by atoms with E-state index in [4.69, 9.17) is 9.47 Å². The van der Waals surface area contributed by atoms with Crippen LogP contribution in [0.2, 0.25) is 0 Å². The molecule has 3 saturated heterocycles. The van der Waals surface area contributed by atoms with Crippen molar-refractivity contribution in [3.05, 3.63) is 48.5 Å². The van der Waals surface area contributed by atoms with E-state index in [1.165, 1.54) is 19.1 Å². The second-order valence-electron chi connectivity index (χ2n) is 8.85. The van der Waals surface area contributed by atoms with E-state index in [1.807, 2.05) is 35.2 Å². The van der Waals surface area contributed by atoms with Crippen molar-refractivity contribution < 1.29 is 23.9 Å². The minimum Gasteiger partial charge on any atom is -0.497 e. The van der Waals surface area contributed by atoms with Gasteiger partial charge >= 0.3 is 0 Å². The summed E-state index contributed by atoms with van der Waals surface area (Å²) >= 11 is 0. The van der Waals surface area contributed by atoms with E-state index >= 15 is 0 Å². The molecule has 1 unspecified atom stereocenters. The Morgan fingerprint density at radius 3 is 2.18 bits per heavy atom. The van der Waals surface area contributed by atoms with Gasteiger partial charge in [0.05, 0.1) is 39.0 Å². The number of ether oxygens (including phenoxy) is 2. The summed E-state index contributed by atoms with van der Waals surface area (Å²) in [6, 6.07) is 14.4. The molecule has 1 N–H and O–H groups in total. The van der Waals surface area contributed by atoms with Gasteiger partial charge in [0.25, 0.3) is 5.91 Å². The maximum Gasteiger partial charge on any atom is 0.251 e. The van der Waals surface area contributed by atoms with Gasteiger partial charge in [0.2, 0.25) is 11.8 Å². The lowest BCUT2D eigenvalue weighted by atomic mass is 9.85. The van der Waals surface area contributed by atoms with Crippen LogP contribution < -0.4 is 24.6 Å². The van der Waals surface area contributed by atoms with Crippen molar-refractivity contribution in [2.24, 2.45) is 0 Å². The second-order valence-corrected chi connectivity index (χ2v) is 8.85. The van der Waals surface area contributed by atoms with Crippen molar-refractivity contribution in [3.8, 4) is 11.5 Å². The summed E-state index contributed by atoms with van der Waals surface area (Å²) in [7, 11) is 3.05. The first-order valence-corrected chi connectivity index (χ1v) is 11.4. The molecule has 34 heavy (non-hydrogen) atoms. The number of anilines is 2. The Bertz CT molecular complexity index is 1090. The molecule has 2 aromatic rings. The number of likely N-dealkylation sites (tertiary alicyclic amines) is 1. The van der Waals surface area contributed by atoms with Crippen LogP contribution in [-0.4, -0.2) is 68.2 Å². The van der Waals surface area contributed by atoms with Gasteiger partial charge in [0.15, 0.2) is 0 Å². The highest BCUT2D eigenvalue weighted by Gasteiger charge is 2.52. The van der Waals surface area contributed by atoms with Crippen molar-refractivity contribution in [1.29, 1.82) is 0 Å². The summed E-state index contributed by atoms with van der Waals surface area (Å²) in [4.78, 5) is 44.6. The van der Waals surface area contributed by atoms with Crippen LogP contribution in [0.1, 0.15) is 19.3 Å². The standard InChI is InChI=1S/C25H28N4O5/c1-33-19-12-18(13-20(14-19)34-2)29-22(30)15-21(23(29)31)27-10-8-25(9-11-27)24(32)26-16-28(25)17-6-4-3-5-7-17/h3-7,12-14,21H,8-11,15-16H2,1-2H3,(H,26,32). The van der Waals surface area contributed by atoms with Crippen LogP contribution >= 0.6 is 0 Å². The summed E-state index contributed by atoms with van der Waals surface area (Å²) in [6.45, 7) is 1.57. The van der Waals surface area contributed by atoms with Crippen molar-refractivity contribution >= 4 is 29.1 Å². The van der Waals surface area contributed by atoms with Crippen molar-refractivity contribution in [1.82, 2.24) is 10.2 Å². The van der Waals surface area contributed by atoms with E-state index in [0.29, 0.717) is 49.8 Å². The Labute approximate surface area is 198 Å². The number of para-hydroxylation sites is 1. The van der Waals surface area contributed by atoms with Crippen LogP contribution in [0.25, 0.3) is 0 Å². The molecular formula is C25H28N4O5. The third-order valence-electron chi connectivity index (χ3n) is 7.19. The SMILES string of the molecule is COc1cc(OC)cc(N2C(=O)CC(N3CCC4(CC3)C(=O)NCN4c3ccccc3)C2=O)c1. The van der Waals surface area contributed by atoms with Crippen molar-refractivity contribution in [3.63, 3.8) is 0 Å². The van der Waals surface area contributed by atoms with E-state index < -0.39 is 11.6 Å². The van der Waals surface area contributed by atoms with Gasteiger partial charge in [0, 0.05) is 37.0 Å². The summed E-state index contributed by atoms with van der Waals surface area (Å²) < 4.78 is 10.6. The first-order valence-electron chi connectivity index (χ1n) is 11.4. The molecule has 0 radical (unpaired) electrons. The van der Waals surface area contributed by atoms with Crippen LogP contribution in [0.5, 0.6) is 11.5 Å². The number of benzene rings is 2. The average Bonchev–Trinajstić information content (AvgIpc) is 3.35. The molecule has 0 bridgehead atoms. The van der Waals surface area contributed by atoms with Gasteiger partial charge < -0.3 is 19.7 Å². The molecule has 3 fully saturated rings. The van der Waals surface area contributed by atoms with Crippen LogP contribution in [-0.2, 0) is 14.4 Å². The molecular weight excluding hydrogens is 436 g/mol. The lowest BCUT2D eigenvalue weighted by Gasteiger charge is -2.44. The molecule has 0 aliphatic carbocycles. The minimum absolute atomic E-state index is 0.0231. The lowest BCUT2D eigenvalue weighted by Crippen LogP contribution is -2.58. The number of amides is 3. The molecule has 1 atom stereocenters. The number of carbonyl (C=O) groups excluding carboxylic acids is 3. The minimum atomic E-state index is -0.636. The molecule has 0 aromatic heterocycles. The third kappa shape index (κ3) is 3.56. The Morgan fingerprint density at radius 2 is 1.56 bits per heavy atom. The number of hydrogen-bond acceptors (Lipinski definition) is 7. The normalized spacial score (nSPS) is 22.4. The van der Waals surface area contributed by atoms with Crippen molar-refractivity contribution in [2.45, 2.75) is 30.8 Å². The molecule has 3 aliphatic rings. The molecule has 5 rings (SSSR count). The zero-order valence-corrected chi connectivity index (χ0v) is 19.3. The summed E-state index contributed by atoms with van der Waals surface area (Å²) in [5.74, 6) is 0.523. The number of nitrogens with one attached hydrogen (secondary N) is 1. The van der Waals surface area contributed by atoms with Gasteiger partial charge in [0.1, 0.15) is 17.0 Å². The molecule has 3 heterocycles. The fraction of sp³-hybridized carbons (Fsp3) is 0.400. The smallest absolute Gasteiger partial charge is 0.251 e. The highest BCUT2D eigenvalue weighted by atomic mass is 16.5. The monoisotopic (exact) mass is 464 g/mol. The number of carbonyl (C=O) groups is 3. The maximum absolute atomic E-state index is 13.4. The van der Waals surface area contributed by atoms with Crippen molar-refractivity contribution in [2.75, 3.05) is 43.8 Å². The molecule has 9 nitrogen and oxygen atoms in total. The predicted molar refractivity (Wildman–Crippen MR) is 126 cm³/mol. The zero-order chi connectivity index (χ0) is 23.9. The Morgan fingerprint density at radius 1 is 0.912 bits per heavy atom. The second kappa shape index (κ2) is 8.64. The lowest BCUT2D eigenvalue weighted by molar-refractivity contribution is -0.126. The van der Waals surface area contributed by atoms with Gasteiger partial charge in [-0.2, -0.15) is 0 Å². The van der Waals surface area contributed by atoms with Crippen LogP contribution in [0, 0.1) is 0 Å². The van der Waals surface area contributed by atoms with Gasteiger partial charge in [-0.3, -0.25) is 19.3 Å². The number of rotatable bonds is 5. The quantitative estimate of drug-likeness (QED) is 0.675. The first-order chi connectivity index (χ1) is 16.5. The highest BCUT2D eigenvalue weighted by molar-refractivity contribution is 6.22. The molecule has 9 heteroatoms. The zero-order valence-electron chi connectivity index (χ0n) is 19.3. The third-order valence-corrected chi connectivity index (χ3v) is 7.19.